The highest BCUT2D eigenvalue weighted by atomic mass is 16.5. The molecule has 112 valence electrons. The number of hydrogen-bond donors (Lipinski definition) is 1. The summed E-state index contributed by atoms with van der Waals surface area (Å²) in [6.45, 7) is 9.39. The van der Waals surface area contributed by atoms with Gasteiger partial charge in [0.25, 0.3) is 0 Å². The first-order chi connectivity index (χ1) is 9.03. The molecule has 2 fully saturated rings. The fourth-order valence-electron chi connectivity index (χ4n) is 3.27. The van der Waals surface area contributed by atoms with Crippen molar-refractivity contribution in [3.8, 4) is 0 Å². The molecule has 1 heterocycles. The average molecular weight is 270 g/mol. The summed E-state index contributed by atoms with van der Waals surface area (Å²) in [7, 11) is 0. The van der Waals surface area contributed by atoms with Crippen LogP contribution in [0.3, 0.4) is 0 Å². The van der Waals surface area contributed by atoms with Crippen LogP contribution in [0.5, 0.6) is 0 Å². The summed E-state index contributed by atoms with van der Waals surface area (Å²) in [4.78, 5) is 0. The maximum absolute atomic E-state index is 10.1. The van der Waals surface area contributed by atoms with E-state index in [4.69, 9.17) is 9.47 Å². The molecule has 3 nitrogen and oxygen atoms in total. The first-order valence-corrected chi connectivity index (χ1v) is 7.90. The molecule has 0 spiro atoms. The zero-order chi connectivity index (χ0) is 13.9. The lowest BCUT2D eigenvalue weighted by molar-refractivity contribution is -0.0940. The molecular formula is C16H30O3. The molecule has 1 saturated heterocycles. The number of aliphatic hydroxyl groups is 1. The molecule has 2 rings (SSSR count). The molecule has 1 aliphatic carbocycles. The Kier molecular flexibility index (Phi) is 5.27. The van der Waals surface area contributed by atoms with Crippen molar-refractivity contribution in [3.63, 3.8) is 0 Å². The normalized spacial score (nSPS) is 36.6. The van der Waals surface area contributed by atoms with E-state index in [0.717, 1.165) is 45.5 Å². The molecule has 1 saturated carbocycles. The molecule has 1 N–H and O–H groups in total. The lowest BCUT2D eigenvalue weighted by atomic mass is 9.68. The Morgan fingerprint density at radius 1 is 1.26 bits per heavy atom. The van der Waals surface area contributed by atoms with Crippen molar-refractivity contribution in [2.45, 2.75) is 65.1 Å². The van der Waals surface area contributed by atoms with Crippen LogP contribution < -0.4 is 0 Å². The van der Waals surface area contributed by atoms with Crippen molar-refractivity contribution in [1.29, 1.82) is 0 Å². The van der Waals surface area contributed by atoms with E-state index in [2.05, 4.69) is 20.8 Å². The van der Waals surface area contributed by atoms with Gasteiger partial charge in [-0.2, -0.15) is 0 Å². The van der Waals surface area contributed by atoms with Gasteiger partial charge in [0.05, 0.1) is 25.4 Å². The smallest absolute Gasteiger partial charge is 0.0836 e. The summed E-state index contributed by atoms with van der Waals surface area (Å²) in [6, 6.07) is 0. The van der Waals surface area contributed by atoms with Crippen molar-refractivity contribution in [2.75, 3.05) is 19.8 Å². The standard InChI is InChI=1S/C16H30O3/c1-4-16(2,3)13-5-6-14(17)15(9-13)19-11-12-7-8-18-10-12/h12-15,17H,4-11H2,1-3H3. The minimum Gasteiger partial charge on any atom is -0.390 e. The quantitative estimate of drug-likeness (QED) is 0.834. The Balaban J connectivity index is 1.83. The maximum atomic E-state index is 10.1. The van der Waals surface area contributed by atoms with Crippen molar-refractivity contribution in [3.05, 3.63) is 0 Å². The van der Waals surface area contributed by atoms with E-state index >= 15 is 0 Å². The molecule has 1 aliphatic heterocycles. The molecule has 4 unspecified atom stereocenters. The van der Waals surface area contributed by atoms with Gasteiger partial charge in [-0.1, -0.05) is 27.2 Å². The highest BCUT2D eigenvalue weighted by molar-refractivity contribution is 4.87. The van der Waals surface area contributed by atoms with Crippen LogP contribution in [0.25, 0.3) is 0 Å². The van der Waals surface area contributed by atoms with Crippen LogP contribution in [0.1, 0.15) is 52.9 Å². The van der Waals surface area contributed by atoms with Gasteiger partial charge in [-0.05, 0) is 37.0 Å². The maximum Gasteiger partial charge on any atom is 0.0836 e. The Morgan fingerprint density at radius 3 is 2.68 bits per heavy atom. The third-order valence-corrected chi connectivity index (χ3v) is 5.34. The molecule has 0 aromatic heterocycles. The van der Waals surface area contributed by atoms with Gasteiger partial charge in [0.1, 0.15) is 0 Å². The Hall–Kier alpha value is -0.120. The van der Waals surface area contributed by atoms with Crippen LogP contribution >= 0.6 is 0 Å². The van der Waals surface area contributed by atoms with E-state index < -0.39 is 0 Å². The molecule has 0 amide bonds. The summed E-state index contributed by atoms with van der Waals surface area (Å²) in [5, 5.41) is 10.1. The summed E-state index contributed by atoms with van der Waals surface area (Å²) >= 11 is 0. The first-order valence-electron chi connectivity index (χ1n) is 7.90. The summed E-state index contributed by atoms with van der Waals surface area (Å²) in [6.07, 6.45) is 5.09. The summed E-state index contributed by atoms with van der Waals surface area (Å²) < 4.78 is 11.4. The van der Waals surface area contributed by atoms with Crippen LogP contribution in [0.15, 0.2) is 0 Å². The van der Waals surface area contributed by atoms with E-state index in [1.165, 1.54) is 6.42 Å². The molecule has 19 heavy (non-hydrogen) atoms. The third-order valence-electron chi connectivity index (χ3n) is 5.34. The second-order valence-corrected chi connectivity index (χ2v) is 7.02. The van der Waals surface area contributed by atoms with Gasteiger partial charge in [0, 0.05) is 12.5 Å². The highest BCUT2D eigenvalue weighted by Crippen LogP contribution is 2.41. The van der Waals surface area contributed by atoms with E-state index in [-0.39, 0.29) is 12.2 Å². The third kappa shape index (κ3) is 3.93. The topological polar surface area (TPSA) is 38.7 Å². The molecule has 0 aromatic carbocycles. The zero-order valence-electron chi connectivity index (χ0n) is 12.7. The molecule has 4 atom stereocenters. The summed E-state index contributed by atoms with van der Waals surface area (Å²) in [5.74, 6) is 1.21. The number of ether oxygens (including phenoxy) is 2. The Bertz CT molecular complexity index is 271. The largest absolute Gasteiger partial charge is 0.390 e. The van der Waals surface area contributed by atoms with Gasteiger partial charge in [-0.15, -0.1) is 0 Å². The Labute approximate surface area is 117 Å². The van der Waals surface area contributed by atoms with Crippen molar-refractivity contribution in [1.82, 2.24) is 0 Å². The lowest BCUT2D eigenvalue weighted by Crippen LogP contribution is -2.41. The summed E-state index contributed by atoms with van der Waals surface area (Å²) in [5.41, 5.74) is 0.359. The van der Waals surface area contributed by atoms with Gasteiger partial charge in [-0.3, -0.25) is 0 Å². The number of hydrogen-bond acceptors (Lipinski definition) is 3. The molecule has 3 heteroatoms. The second kappa shape index (κ2) is 6.55. The highest BCUT2D eigenvalue weighted by Gasteiger charge is 2.37. The van der Waals surface area contributed by atoms with Gasteiger partial charge < -0.3 is 14.6 Å². The molecular weight excluding hydrogens is 240 g/mol. The van der Waals surface area contributed by atoms with Crippen LogP contribution in [0, 0.1) is 17.3 Å². The van der Waals surface area contributed by atoms with Gasteiger partial charge in [0.2, 0.25) is 0 Å². The van der Waals surface area contributed by atoms with Crippen LogP contribution in [0.4, 0.5) is 0 Å². The van der Waals surface area contributed by atoms with Crippen molar-refractivity contribution >= 4 is 0 Å². The van der Waals surface area contributed by atoms with Gasteiger partial charge in [-0.25, -0.2) is 0 Å². The van der Waals surface area contributed by atoms with E-state index in [1.54, 1.807) is 0 Å². The van der Waals surface area contributed by atoms with Gasteiger partial charge >= 0.3 is 0 Å². The zero-order valence-corrected chi connectivity index (χ0v) is 12.7. The molecule has 0 aromatic rings. The molecule has 0 bridgehead atoms. The fraction of sp³-hybridized carbons (Fsp3) is 1.00. The van der Waals surface area contributed by atoms with E-state index in [0.29, 0.717) is 17.3 Å². The minimum atomic E-state index is -0.272. The Morgan fingerprint density at radius 2 is 2.05 bits per heavy atom. The monoisotopic (exact) mass is 270 g/mol. The van der Waals surface area contributed by atoms with E-state index in [9.17, 15) is 5.11 Å². The average Bonchev–Trinajstić information content (AvgIpc) is 2.90. The van der Waals surface area contributed by atoms with Gasteiger partial charge in [0.15, 0.2) is 0 Å². The fourth-order valence-corrected chi connectivity index (χ4v) is 3.27. The predicted octanol–water partition coefficient (Wildman–Crippen LogP) is 3.01. The van der Waals surface area contributed by atoms with Crippen LogP contribution in [0.2, 0.25) is 0 Å². The van der Waals surface area contributed by atoms with Crippen molar-refractivity contribution in [2.24, 2.45) is 17.3 Å². The first kappa shape index (κ1) is 15.3. The van der Waals surface area contributed by atoms with Crippen molar-refractivity contribution < 1.29 is 14.6 Å². The molecule has 0 radical (unpaired) electrons. The SMILES string of the molecule is CCC(C)(C)C1CCC(O)C(OCC2CCOC2)C1. The number of aliphatic hydroxyl groups excluding tert-OH is 1. The minimum absolute atomic E-state index is 0.0326. The molecule has 2 aliphatic rings. The number of rotatable bonds is 5. The van der Waals surface area contributed by atoms with Crippen LogP contribution in [-0.2, 0) is 9.47 Å². The van der Waals surface area contributed by atoms with Crippen LogP contribution in [-0.4, -0.2) is 37.1 Å². The lowest BCUT2D eigenvalue weighted by Gasteiger charge is -2.41. The van der Waals surface area contributed by atoms with E-state index in [1.807, 2.05) is 0 Å². The predicted molar refractivity (Wildman–Crippen MR) is 76.1 cm³/mol. The second-order valence-electron chi connectivity index (χ2n) is 7.02.